The maximum Gasteiger partial charge on any atom is 0.225 e. The molecule has 0 bridgehead atoms. The van der Waals surface area contributed by atoms with Crippen LogP contribution in [0.5, 0.6) is 0 Å². The first-order valence-corrected chi connectivity index (χ1v) is 10.5. The van der Waals surface area contributed by atoms with E-state index in [0.717, 1.165) is 19.4 Å². The summed E-state index contributed by atoms with van der Waals surface area (Å²) in [7, 11) is 0. The molecule has 5 heteroatoms. The van der Waals surface area contributed by atoms with E-state index in [-0.39, 0.29) is 17.7 Å². The summed E-state index contributed by atoms with van der Waals surface area (Å²) < 4.78 is 0. The summed E-state index contributed by atoms with van der Waals surface area (Å²) in [5.74, 6) is -0.0384. The average molecular weight is 372 g/mol. The van der Waals surface area contributed by atoms with Gasteiger partial charge in [0.05, 0.1) is 5.92 Å². The van der Waals surface area contributed by atoms with E-state index in [1.165, 1.54) is 44.3 Å². The minimum absolute atomic E-state index is 0.0430. The number of likely N-dealkylation sites (tertiary alicyclic amines) is 2. The van der Waals surface area contributed by atoms with Crippen LogP contribution in [-0.4, -0.2) is 60.9 Å². The van der Waals surface area contributed by atoms with Crippen LogP contribution in [0.15, 0.2) is 30.3 Å². The molecule has 2 saturated heterocycles. The van der Waals surface area contributed by atoms with Gasteiger partial charge in [-0.05, 0) is 50.9 Å². The van der Waals surface area contributed by atoms with Crippen LogP contribution in [0.4, 0.5) is 0 Å². The molecule has 0 radical (unpaired) electrons. The molecule has 0 saturated carbocycles. The molecule has 0 spiro atoms. The highest BCUT2D eigenvalue weighted by Crippen LogP contribution is 2.18. The normalized spacial score (nSPS) is 21.3. The second kappa shape index (κ2) is 10.5. The lowest BCUT2D eigenvalue weighted by Crippen LogP contribution is -2.35. The molecule has 0 aliphatic carbocycles. The lowest BCUT2D eigenvalue weighted by molar-refractivity contribution is -0.129. The Morgan fingerprint density at radius 2 is 1.78 bits per heavy atom. The smallest absolute Gasteiger partial charge is 0.225 e. The van der Waals surface area contributed by atoms with Gasteiger partial charge in [-0.15, -0.1) is 0 Å². The van der Waals surface area contributed by atoms with E-state index >= 15 is 0 Å². The lowest BCUT2D eigenvalue weighted by atomic mass is 10.1. The molecule has 2 fully saturated rings. The molecule has 3 rings (SSSR count). The van der Waals surface area contributed by atoms with Crippen molar-refractivity contribution in [3.8, 4) is 0 Å². The largest absolute Gasteiger partial charge is 0.356 e. The molecule has 2 aliphatic heterocycles. The molecular formula is C22H33N3O2. The van der Waals surface area contributed by atoms with Crippen molar-refractivity contribution in [1.29, 1.82) is 0 Å². The van der Waals surface area contributed by atoms with Crippen molar-refractivity contribution in [2.75, 3.05) is 39.3 Å². The highest BCUT2D eigenvalue weighted by molar-refractivity contribution is 5.89. The molecule has 0 unspecified atom stereocenters. The molecule has 5 nitrogen and oxygen atoms in total. The minimum atomic E-state index is -0.188. The van der Waals surface area contributed by atoms with Crippen LogP contribution in [0.2, 0.25) is 0 Å². The van der Waals surface area contributed by atoms with Crippen LogP contribution in [0.25, 0.3) is 0 Å². The molecule has 148 valence electrons. The predicted molar refractivity (Wildman–Crippen MR) is 107 cm³/mol. The van der Waals surface area contributed by atoms with Gasteiger partial charge in [-0.3, -0.25) is 9.59 Å². The highest BCUT2D eigenvalue weighted by Gasteiger charge is 2.33. The zero-order chi connectivity index (χ0) is 18.9. The van der Waals surface area contributed by atoms with Crippen molar-refractivity contribution in [2.24, 2.45) is 5.92 Å². The summed E-state index contributed by atoms with van der Waals surface area (Å²) in [5, 5.41) is 3.05. The van der Waals surface area contributed by atoms with Crippen molar-refractivity contribution in [3.63, 3.8) is 0 Å². The Morgan fingerprint density at radius 3 is 2.52 bits per heavy atom. The van der Waals surface area contributed by atoms with Gasteiger partial charge < -0.3 is 15.1 Å². The maximum absolute atomic E-state index is 12.4. The number of nitrogens with zero attached hydrogens (tertiary/aromatic N) is 2. The van der Waals surface area contributed by atoms with E-state index in [9.17, 15) is 9.59 Å². The Labute approximate surface area is 163 Å². The third-order valence-electron chi connectivity index (χ3n) is 5.75. The zero-order valence-electron chi connectivity index (χ0n) is 16.4. The second-order valence-electron chi connectivity index (χ2n) is 7.88. The van der Waals surface area contributed by atoms with E-state index in [1.54, 1.807) is 0 Å². The molecule has 2 amide bonds. The summed E-state index contributed by atoms with van der Waals surface area (Å²) in [4.78, 5) is 29.0. The molecule has 1 atom stereocenters. The van der Waals surface area contributed by atoms with Crippen LogP contribution in [0.1, 0.15) is 44.1 Å². The third kappa shape index (κ3) is 6.35. The predicted octanol–water partition coefficient (Wildman–Crippen LogP) is 2.46. The number of rotatable bonds is 8. The van der Waals surface area contributed by atoms with Crippen LogP contribution in [-0.2, 0) is 16.0 Å². The number of amides is 2. The van der Waals surface area contributed by atoms with Gasteiger partial charge in [0.25, 0.3) is 0 Å². The van der Waals surface area contributed by atoms with Gasteiger partial charge in [0.1, 0.15) is 0 Å². The summed E-state index contributed by atoms with van der Waals surface area (Å²) in [5.41, 5.74) is 1.23. The molecule has 2 heterocycles. The lowest BCUT2D eigenvalue weighted by Gasteiger charge is -2.20. The van der Waals surface area contributed by atoms with E-state index in [2.05, 4.69) is 22.3 Å². The molecule has 0 aromatic heterocycles. The Morgan fingerprint density at radius 1 is 1.04 bits per heavy atom. The molecule has 1 aromatic carbocycles. The number of carbonyl (C=O) groups excluding carboxylic acids is 2. The van der Waals surface area contributed by atoms with Gasteiger partial charge in [-0.1, -0.05) is 43.2 Å². The number of hydrogen-bond acceptors (Lipinski definition) is 3. The van der Waals surface area contributed by atoms with Crippen LogP contribution >= 0.6 is 0 Å². The fourth-order valence-electron chi connectivity index (χ4n) is 4.09. The first-order valence-electron chi connectivity index (χ1n) is 10.5. The maximum atomic E-state index is 12.4. The van der Waals surface area contributed by atoms with E-state index in [1.807, 2.05) is 23.1 Å². The molecule has 2 aliphatic rings. The third-order valence-corrected chi connectivity index (χ3v) is 5.75. The molecular weight excluding hydrogens is 338 g/mol. The second-order valence-corrected chi connectivity index (χ2v) is 7.88. The monoisotopic (exact) mass is 371 g/mol. The number of carbonyl (C=O) groups is 2. The molecule has 1 aromatic rings. The van der Waals surface area contributed by atoms with Gasteiger partial charge in [-0.25, -0.2) is 0 Å². The van der Waals surface area contributed by atoms with Crippen molar-refractivity contribution >= 4 is 11.8 Å². The Bertz CT molecular complexity index is 597. The first-order chi connectivity index (χ1) is 13.2. The van der Waals surface area contributed by atoms with Crippen molar-refractivity contribution in [2.45, 2.75) is 44.9 Å². The Balaban J connectivity index is 1.33. The van der Waals surface area contributed by atoms with Crippen molar-refractivity contribution in [1.82, 2.24) is 15.1 Å². The number of benzene rings is 1. The van der Waals surface area contributed by atoms with Gasteiger partial charge in [0.2, 0.25) is 11.8 Å². The van der Waals surface area contributed by atoms with Crippen LogP contribution in [0, 0.1) is 5.92 Å². The van der Waals surface area contributed by atoms with Gasteiger partial charge in [0.15, 0.2) is 0 Å². The summed E-state index contributed by atoms with van der Waals surface area (Å²) in [6.07, 6.45) is 7.49. The fourth-order valence-corrected chi connectivity index (χ4v) is 4.09. The van der Waals surface area contributed by atoms with Crippen molar-refractivity contribution in [3.05, 3.63) is 35.9 Å². The van der Waals surface area contributed by atoms with Crippen LogP contribution < -0.4 is 5.32 Å². The van der Waals surface area contributed by atoms with Gasteiger partial charge in [0, 0.05) is 26.1 Å². The average Bonchev–Trinajstić information content (AvgIpc) is 2.89. The minimum Gasteiger partial charge on any atom is -0.356 e. The fraction of sp³-hybridized carbons (Fsp3) is 0.636. The Hall–Kier alpha value is -1.88. The van der Waals surface area contributed by atoms with E-state index in [4.69, 9.17) is 0 Å². The van der Waals surface area contributed by atoms with Gasteiger partial charge in [-0.2, -0.15) is 0 Å². The SMILES string of the molecule is O=C(NCCCN1CCCCCC1)[C@H]1CC(=O)N(CCc2ccccc2)C1. The summed E-state index contributed by atoms with van der Waals surface area (Å²) >= 11 is 0. The van der Waals surface area contributed by atoms with Gasteiger partial charge >= 0.3 is 0 Å². The quantitative estimate of drug-likeness (QED) is 0.714. The van der Waals surface area contributed by atoms with E-state index in [0.29, 0.717) is 26.1 Å². The van der Waals surface area contributed by atoms with Crippen LogP contribution in [0.3, 0.4) is 0 Å². The number of nitrogens with one attached hydrogen (secondary N) is 1. The highest BCUT2D eigenvalue weighted by atomic mass is 16.2. The first kappa shape index (κ1) is 19.9. The standard InChI is InChI=1S/C22H33N3O2/c26-21-17-20(18-25(21)16-11-19-9-4-3-5-10-19)22(27)23-12-8-15-24-13-6-1-2-7-14-24/h3-5,9-10,20H,1-2,6-8,11-18H2,(H,23,27)/t20-/m0/s1. The number of hydrogen-bond donors (Lipinski definition) is 1. The zero-order valence-corrected chi connectivity index (χ0v) is 16.4. The summed E-state index contributed by atoms with van der Waals surface area (Å²) in [6, 6.07) is 10.2. The van der Waals surface area contributed by atoms with E-state index < -0.39 is 0 Å². The van der Waals surface area contributed by atoms with Crippen molar-refractivity contribution < 1.29 is 9.59 Å². The Kier molecular flexibility index (Phi) is 7.69. The topological polar surface area (TPSA) is 52.7 Å². The molecule has 27 heavy (non-hydrogen) atoms. The summed E-state index contributed by atoms with van der Waals surface area (Å²) in [6.45, 7) is 5.42. The molecule has 1 N–H and O–H groups in total.